The summed E-state index contributed by atoms with van der Waals surface area (Å²) in [6.07, 6.45) is 0.966. The van der Waals surface area contributed by atoms with E-state index in [1.54, 1.807) is 6.07 Å². The van der Waals surface area contributed by atoms with Crippen LogP contribution < -0.4 is 5.73 Å². The summed E-state index contributed by atoms with van der Waals surface area (Å²) in [4.78, 5) is 15.2. The Bertz CT molecular complexity index is 800. The molecule has 1 heterocycles. The Morgan fingerprint density at radius 2 is 1.88 bits per heavy atom. The van der Waals surface area contributed by atoms with Crippen LogP contribution in [0.2, 0.25) is 0 Å². The summed E-state index contributed by atoms with van der Waals surface area (Å²) in [6.45, 7) is 0.876. The molecule has 2 aromatic rings. The third kappa shape index (κ3) is 2.43. The van der Waals surface area contributed by atoms with Crippen LogP contribution in [0.4, 0.5) is 5.69 Å². The number of nitrogens with two attached hydrogens (primary N) is 1. The van der Waals surface area contributed by atoms with Crippen molar-refractivity contribution in [1.29, 1.82) is 0 Å². The Morgan fingerprint density at radius 3 is 2.67 bits per heavy atom. The van der Waals surface area contributed by atoms with Crippen LogP contribution in [0.3, 0.4) is 0 Å². The Balaban J connectivity index is 1.87. The van der Waals surface area contributed by atoms with E-state index in [0.717, 1.165) is 35.2 Å². The lowest BCUT2D eigenvalue weighted by Crippen LogP contribution is -2.25. The molecule has 1 aliphatic carbocycles. The molecule has 1 aliphatic heterocycles. The number of benzene rings is 2. The quantitative estimate of drug-likeness (QED) is 0.864. The molecule has 0 saturated carbocycles. The van der Waals surface area contributed by atoms with Gasteiger partial charge < -0.3 is 15.4 Å². The number of hydrogen-bond donors (Lipinski definition) is 1. The van der Waals surface area contributed by atoms with Gasteiger partial charge in [-0.25, -0.2) is 0 Å². The van der Waals surface area contributed by atoms with E-state index in [1.807, 2.05) is 30.3 Å². The molecule has 1 saturated heterocycles. The maximum absolute atomic E-state index is 13.0. The Labute approximate surface area is 142 Å². The monoisotopic (exact) mass is 322 g/mol. The normalized spacial score (nSPS) is 25.1. The summed E-state index contributed by atoms with van der Waals surface area (Å²) < 4.78 is 6.39. The first-order valence-corrected chi connectivity index (χ1v) is 8.38. The van der Waals surface area contributed by atoms with Crippen molar-refractivity contribution < 1.29 is 9.53 Å². The third-order valence-electron chi connectivity index (χ3n) is 5.02. The summed E-state index contributed by atoms with van der Waals surface area (Å²) in [6, 6.07) is 13.5. The largest absolute Gasteiger partial charge is 0.399 e. The zero-order valence-corrected chi connectivity index (χ0v) is 14.0. The van der Waals surface area contributed by atoms with Gasteiger partial charge in [-0.2, -0.15) is 0 Å². The average molecular weight is 322 g/mol. The highest BCUT2D eigenvalue weighted by molar-refractivity contribution is 6.11. The molecule has 1 fully saturated rings. The van der Waals surface area contributed by atoms with Gasteiger partial charge >= 0.3 is 0 Å². The van der Waals surface area contributed by atoms with Crippen LogP contribution in [-0.4, -0.2) is 37.4 Å². The highest BCUT2D eigenvalue weighted by Gasteiger charge is 2.42. The van der Waals surface area contributed by atoms with Gasteiger partial charge in [0.05, 0.1) is 12.2 Å². The van der Waals surface area contributed by atoms with E-state index in [2.05, 4.69) is 25.1 Å². The SMILES string of the molecule is CN(C)C[C@H]1C[C@@H]2c3ccccc3C(=O)c3ccc(N)cc3[C@H]2O1. The van der Waals surface area contributed by atoms with Gasteiger partial charge in [-0.1, -0.05) is 24.3 Å². The minimum absolute atomic E-state index is 0.0720. The smallest absolute Gasteiger partial charge is 0.193 e. The fourth-order valence-electron chi connectivity index (χ4n) is 4.07. The van der Waals surface area contributed by atoms with Crippen molar-refractivity contribution in [3.8, 4) is 0 Å². The van der Waals surface area contributed by atoms with E-state index < -0.39 is 0 Å². The fourth-order valence-corrected chi connectivity index (χ4v) is 4.07. The van der Waals surface area contributed by atoms with Crippen molar-refractivity contribution in [2.45, 2.75) is 24.5 Å². The maximum Gasteiger partial charge on any atom is 0.193 e. The number of hydrogen-bond acceptors (Lipinski definition) is 4. The van der Waals surface area contributed by atoms with Crippen molar-refractivity contribution in [3.05, 3.63) is 64.7 Å². The van der Waals surface area contributed by atoms with E-state index in [0.29, 0.717) is 5.69 Å². The van der Waals surface area contributed by atoms with E-state index in [-0.39, 0.29) is 23.9 Å². The predicted molar refractivity (Wildman–Crippen MR) is 94.3 cm³/mol. The topological polar surface area (TPSA) is 55.6 Å². The van der Waals surface area contributed by atoms with E-state index in [9.17, 15) is 4.79 Å². The molecule has 4 nitrogen and oxygen atoms in total. The van der Waals surface area contributed by atoms with Gasteiger partial charge in [0.15, 0.2) is 5.78 Å². The Hall–Kier alpha value is -2.17. The summed E-state index contributed by atoms with van der Waals surface area (Å²) in [5, 5.41) is 0. The molecule has 2 aromatic carbocycles. The van der Waals surface area contributed by atoms with Crippen LogP contribution in [-0.2, 0) is 4.74 Å². The van der Waals surface area contributed by atoms with Crippen LogP contribution in [0.1, 0.15) is 45.5 Å². The van der Waals surface area contributed by atoms with Gasteiger partial charge in [-0.05, 0) is 49.8 Å². The van der Waals surface area contributed by atoms with E-state index in [4.69, 9.17) is 10.5 Å². The average Bonchev–Trinajstić information content (AvgIpc) is 2.93. The van der Waals surface area contributed by atoms with Crippen molar-refractivity contribution in [2.24, 2.45) is 0 Å². The van der Waals surface area contributed by atoms with Crippen LogP contribution in [0.5, 0.6) is 0 Å². The second-order valence-electron chi connectivity index (χ2n) is 7.05. The van der Waals surface area contributed by atoms with Crippen molar-refractivity contribution in [2.75, 3.05) is 26.4 Å². The number of likely N-dealkylation sites (N-methyl/N-ethyl adjacent to an activating group) is 1. The number of rotatable bonds is 2. The van der Waals surface area contributed by atoms with Crippen molar-refractivity contribution in [1.82, 2.24) is 4.90 Å². The number of nitrogen functional groups attached to an aromatic ring is 1. The number of carbonyl (C=O) groups is 1. The minimum atomic E-state index is -0.110. The van der Waals surface area contributed by atoms with Gasteiger partial charge in [0.1, 0.15) is 0 Å². The van der Waals surface area contributed by atoms with Crippen LogP contribution in [0, 0.1) is 0 Å². The molecule has 2 aliphatic rings. The van der Waals surface area contributed by atoms with Crippen LogP contribution in [0.25, 0.3) is 0 Å². The molecule has 0 radical (unpaired) electrons. The standard InChI is InChI=1S/C20H22N2O2/c1-22(2)11-13-10-18-14-5-3-4-6-15(14)19(23)16-8-7-12(21)9-17(16)20(18)24-13/h3-9,13,18,20H,10-11,21H2,1-2H3/t13-,18-,20-/m1/s1. The first-order chi connectivity index (χ1) is 11.5. The lowest BCUT2D eigenvalue weighted by molar-refractivity contribution is 0.0272. The molecule has 0 spiro atoms. The molecule has 3 atom stereocenters. The van der Waals surface area contributed by atoms with Gasteiger partial charge in [0.25, 0.3) is 0 Å². The molecular formula is C20H22N2O2. The molecule has 0 bridgehead atoms. The molecule has 0 aromatic heterocycles. The lowest BCUT2D eigenvalue weighted by Gasteiger charge is -2.20. The molecule has 4 heteroatoms. The summed E-state index contributed by atoms with van der Waals surface area (Å²) in [5.41, 5.74) is 10.2. The van der Waals surface area contributed by atoms with Gasteiger partial charge in [-0.3, -0.25) is 4.79 Å². The predicted octanol–water partition coefficient (Wildman–Crippen LogP) is 2.99. The third-order valence-corrected chi connectivity index (χ3v) is 5.02. The van der Waals surface area contributed by atoms with Crippen LogP contribution in [0.15, 0.2) is 42.5 Å². The molecule has 2 N–H and O–H groups in total. The Kier molecular flexibility index (Phi) is 3.66. The molecular weight excluding hydrogens is 300 g/mol. The zero-order chi connectivity index (χ0) is 16.8. The number of anilines is 1. The molecule has 24 heavy (non-hydrogen) atoms. The number of ketones is 1. The highest BCUT2D eigenvalue weighted by atomic mass is 16.5. The van der Waals surface area contributed by atoms with E-state index in [1.165, 1.54) is 0 Å². The molecule has 0 amide bonds. The summed E-state index contributed by atoms with van der Waals surface area (Å²) in [5.74, 6) is 0.265. The Morgan fingerprint density at radius 1 is 1.12 bits per heavy atom. The second kappa shape index (κ2) is 5.72. The van der Waals surface area contributed by atoms with Gasteiger partial charge in [0.2, 0.25) is 0 Å². The van der Waals surface area contributed by atoms with Gasteiger partial charge in [-0.15, -0.1) is 0 Å². The van der Waals surface area contributed by atoms with Crippen molar-refractivity contribution in [3.63, 3.8) is 0 Å². The zero-order valence-electron chi connectivity index (χ0n) is 14.0. The number of carbonyl (C=O) groups excluding carboxylic acids is 1. The van der Waals surface area contributed by atoms with Gasteiger partial charge in [0, 0.05) is 29.3 Å². The lowest BCUT2D eigenvalue weighted by atomic mass is 9.87. The number of nitrogens with zero attached hydrogens (tertiary/aromatic N) is 1. The number of fused-ring (bicyclic) bond motifs is 5. The maximum atomic E-state index is 13.0. The van der Waals surface area contributed by atoms with Crippen LogP contribution >= 0.6 is 0 Å². The molecule has 4 rings (SSSR count). The minimum Gasteiger partial charge on any atom is -0.399 e. The van der Waals surface area contributed by atoms with Crippen molar-refractivity contribution >= 4 is 11.5 Å². The fraction of sp³-hybridized carbons (Fsp3) is 0.350. The molecule has 0 unspecified atom stereocenters. The highest BCUT2D eigenvalue weighted by Crippen LogP contribution is 2.49. The summed E-state index contributed by atoms with van der Waals surface area (Å²) >= 11 is 0. The summed E-state index contributed by atoms with van der Waals surface area (Å²) in [7, 11) is 4.11. The second-order valence-corrected chi connectivity index (χ2v) is 7.05. The molecule has 124 valence electrons. The first kappa shape index (κ1) is 15.4. The number of ether oxygens (including phenoxy) is 1. The first-order valence-electron chi connectivity index (χ1n) is 8.38. The van der Waals surface area contributed by atoms with E-state index >= 15 is 0 Å².